The van der Waals surface area contributed by atoms with Crippen molar-refractivity contribution in [3.05, 3.63) is 29.8 Å². The molecule has 1 fully saturated rings. The van der Waals surface area contributed by atoms with E-state index in [1.807, 2.05) is 13.0 Å². The lowest BCUT2D eigenvalue weighted by Crippen LogP contribution is -2.30. The molecule has 0 aromatic heterocycles. The first-order valence-electron chi connectivity index (χ1n) is 6.42. The predicted molar refractivity (Wildman–Crippen MR) is 73.0 cm³/mol. The Hall–Kier alpha value is -0.950. The molecular weight excluding hydrogens is 264 g/mol. The minimum absolute atomic E-state index is 0.0323. The van der Waals surface area contributed by atoms with Gasteiger partial charge in [0.15, 0.2) is 0 Å². The van der Waals surface area contributed by atoms with Gasteiger partial charge in [0.2, 0.25) is 10.0 Å². The number of rotatable bonds is 6. The first-order valence-corrected chi connectivity index (χ1v) is 7.97. The summed E-state index contributed by atoms with van der Waals surface area (Å²) in [7, 11) is -3.67. The average molecular weight is 284 g/mol. The van der Waals surface area contributed by atoms with Crippen LogP contribution < -0.4 is 10.5 Å². The summed E-state index contributed by atoms with van der Waals surface area (Å²) in [5.41, 5.74) is 0.842. The summed E-state index contributed by atoms with van der Waals surface area (Å²) in [6.45, 7) is 2.45. The molecule has 19 heavy (non-hydrogen) atoms. The minimum atomic E-state index is -3.67. The van der Waals surface area contributed by atoms with Gasteiger partial charge in [-0.3, -0.25) is 0 Å². The molecule has 0 spiro atoms. The fraction of sp³-hybridized carbons (Fsp3) is 0.538. The lowest BCUT2D eigenvalue weighted by atomic mass is 10.1. The van der Waals surface area contributed by atoms with Crippen molar-refractivity contribution in [2.45, 2.75) is 36.8 Å². The van der Waals surface area contributed by atoms with E-state index in [0.29, 0.717) is 12.5 Å². The van der Waals surface area contributed by atoms with Gasteiger partial charge in [0.25, 0.3) is 0 Å². The highest BCUT2D eigenvalue weighted by Gasteiger charge is 2.29. The number of aliphatic hydroxyl groups is 1. The molecule has 0 heterocycles. The van der Waals surface area contributed by atoms with Gasteiger partial charge in [-0.1, -0.05) is 12.1 Å². The van der Waals surface area contributed by atoms with Gasteiger partial charge in [-0.15, -0.1) is 0 Å². The molecule has 0 saturated heterocycles. The van der Waals surface area contributed by atoms with Crippen molar-refractivity contribution in [3.8, 4) is 0 Å². The Bertz CT molecular complexity index is 541. The van der Waals surface area contributed by atoms with E-state index in [-0.39, 0.29) is 17.0 Å². The molecular formula is C13H20N2O3S. The number of aliphatic hydroxyl groups excluding tert-OH is 1. The minimum Gasteiger partial charge on any atom is -0.392 e. The van der Waals surface area contributed by atoms with Crippen LogP contribution in [0.2, 0.25) is 0 Å². The van der Waals surface area contributed by atoms with Gasteiger partial charge in [-0.05, 0) is 43.4 Å². The van der Waals surface area contributed by atoms with Gasteiger partial charge in [-0.2, -0.15) is 0 Å². The van der Waals surface area contributed by atoms with E-state index >= 15 is 0 Å². The summed E-state index contributed by atoms with van der Waals surface area (Å²) in [5.74, 6) is 0.426. The van der Waals surface area contributed by atoms with Crippen LogP contribution in [0.5, 0.6) is 0 Å². The standard InChI is InChI=1S/C13H20N2O3S/c1-9(15-8-13(16)10-5-6-10)11-3-2-4-12(7-11)19(14,17)18/h2-4,7,9-10,13,15-16H,5-6,8H2,1H3,(H2,14,17,18). The quantitative estimate of drug-likeness (QED) is 0.719. The molecule has 0 amide bonds. The number of primary sulfonamides is 1. The molecule has 0 radical (unpaired) electrons. The molecule has 0 aliphatic heterocycles. The van der Waals surface area contributed by atoms with Gasteiger partial charge < -0.3 is 10.4 Å². The van der Waals surface area contributed by atoms with Crippen molar-refractivity contribution >= 4 is 10.0 Å². The van der Waals surface area contributed by atoms with Crippen molar-refractivity contribution < 1.29 is 13.5 Å². The third-order valence-electron chi connectivity index (χ3n) is 3.49. The SMILES string of the molecule is CC(NCC(O)C1CC1)c1cccc(S(N)(=O)=O)c1. The summed E-state index contributed by atoms with van der Waals surface area (Å²) in [6.07, 6.45) is 1.87. The summed E-state index contributed by atoms with van der Waals surface area (Å²) in [4.78, 5) is 0.112. The highest BCUT2D eigenvalue weighted by atomic mass is 32.2. The second-order valence-electron chi connectivity index (χ2n) is 5.15. The molecule has 1 aromatic carbocycles. The Kier molecular flexibility index (Phi) is 4.25. The normalized spacial score (nSPS) is 19.1. The van der Waals surface area contributed by atoms with Crippen LogP contribution in [0.25, 0.3) is 0 Å². The smallest absolute Gasteiger partial charge is 0.238 e. The number of hydrogen-bond acceptors (Lipinski definition) is 4. The van der Waals surface area contributed by atoms with Crippen LogP contribution in [0.15, 0.2) is 29.2 Å². The number of hydrogen-bond donors (Lipinski definition) is 3. The number of nitrogens with one attached hydrogen (secondary N) is 1. The summed E-state index contributed by atoms with van der Waals surface area (Å²) in [6, 6.07) is 6.52. The molecule has 5 nitrogen and oxygen atoms in total. The second-order valence-corrected chi connectivity index (χ2v) is 6.71. The number of nitrogens with two attached hydrogens (primary N) is 1. The third-order valence-corrected chi connectivity index (χ3v) is 4.40. The van der Waals surface area contributed by atoms with Gasteiger partial charge >= 0.3 is 0 Å². The predicted octanol–water partition coefficient (Wildman–Crippen LogP) is 0.756. The second kappa shape index (κ2) is 5.58. The Morgan fingerprint density at radius 3 is 2.74 bits per heavy atom. The van der Waals surface area contributed by atoms with E-state index < -0.39 is 10.0 Å². The maximum atomic E-state index is 11.3. The topological polar surface area (TPSA) is 92.4 Å². The molecule has 1 aliphatic rings. The van der Waals surface area contributed by atoms with Crippen molar-refractivity contribution in [1.82, 2.24) is 5.32 Å². The summed E-state index contributed by atoms with van der Waals surface area (Å²) in [5, 5.41) is 18.1. The van der Waals surface area contributed by atoms with Crippen LogP contribution >= 0.6 is 0 Å². The number of benzene rings is 1. The Labute approximate surface area is 113 Å². The molecule has 2 unspecified atom stereocenters. The lowest BCUT2D eigenvalue weighted by molar-refractivity contribution is 0.145. The zero-order valence-corrected chi connectivity index (χ0v) is 11.7. The molecule has 1 aromatic rings. The zero-order valence-electron chi connectivity index (χ0n) is 10.9. The van der Waals surface area contributed by atoms with E-state index in [2.05, 4.69) is 5.32 Å². The maximum Gasteiger partial charge on any atom is 0.238 e. The van der Waals surface area contributed by atoms with Crippen molar-refractivity contribution in [3.63, 3.8) is 0 Å². The molecule has 106 valence electrons. The van der Waals surface area contributed by atoms with E-state index in [0.717, 1.165) is 18.4 Å². The largest absolute Gasteiger partial charge is 0.392 e. The lowest BCUT2D eigenvalue weighted by Gasteiger charge is -2.17. The molecule has 6 heteroatoms. The van der Waals surface area contributed by atoms with E-state index in [4.69, 9.17) is 5.14 Å². The monoisotopic (exact) mass is 284 g/mol. The van der Waals surface area contributed by atoms with E-state index in [9.17, 15) is 13.5 Å². The zero-order chi connectivity index (χ0) is 14.0. The first-order chi connectivity index (χ1) is 8.88. The fourth-order valence-corrected chi connectivity index (χ4v) is 2.59. The molecule has 1 aliphatic carbocycles. The van der Waals surface area contributed by atoms with Gasteiger partial charge in [0.05, 0.1) is 11.0 Å². The van der Waals surface area contributed by atoms with Crippen LogP contribution in [0.1, 0.15) is 31.4 Å². The van der Waals surface area contributed by atoms with Crippen LogP contribution in [0.4, 0.5) is 0 Å². The summed E-state index contributed by atoms with van der Waals surface area (Å²) >= 11 is 0. The molecule has 4 N–H and O–H groups in total. The van der Waals surface area contributed by atoms with Crippen LogP contribution in [-0.2, 0) is 10.0 Å². The average Bonchev–Trinajstić information content (AvgIpc) is 3.19. The fourth-order valence-electron chi connectivity index (χ4n) is 2.02. The molecule has 1 saturated carbocycles. The molecule has 2 rings (SSSR count). The first kappa shape index (κ1) is 14.5. The Morgan fingerprint density at radius 1 is 1.47 bits per heavy atom. The molecule has 2 atom stereocenters. The van der Waals surface area contributed by atoms with Crippen LogP contribution in [0.3, 0.4) is 0 Å². The van der Waals surface area contributed by atoms with Crippen molar-refractivity contribution in [2.75, 3.05) is 6.54 Å². The van der Waals surface area contributed by atoms with Crippen molar-refractivity contribution in [1.29, 1.82) is 0 Å². The van der Waals surface area contributed by atoms with E-state index in [1.165, 1.54) is 6.07 Å². The Morgan fingerprint density at radius 2 is 2.16 bits per heavy atom. The van der Waals surface area contributed by atoms with Crippen molar-refractivity contribution in [2.24, 2.45) is 11.1 Å². The summed E-state index contributed by atoms with van der Waals surface area (Å²) < 4.78 is 22.6. The van der Waals surface area contributed by atoms with Gasteiger partial charge in [0, 0.05) is 12.6 Å². The highest BCUT2D eigenvalue weighted by molar-refractivity contribution is 7.89. The van der Waals surface area contributed by atoms with Crippen LogP contribution in [-0.4, -0.2) is 26.2 Å². The molecule has 0 bridgehead atoms. The van der Waals surface area contributed by atoms with E-state index in [1.54, 1.807) is 12.1 Å². The van der Waals surface area contributed by atoms with Gasteiger partial charge in [0.1, 0.15) is 0 Å². The van der Waals surface area contributed by atoms with Crippen LogP contribution in [0, 0.1) is 5.92 Å². The van der Waals surface area contributed by atoms with Gasteiger partial charge in [-0.25, -0.2) is 13.6 Å². The number of sulfonamides is 1. The highest BCUT2D eigenvalue weighted by Crippen LogP contribution is 2.32. The Balaban J connectivity index is 2.00. The maximum absolute atomic E-state index is 11.3. The third kappa shape index (κ3) is 4.01.